The first kappa shape index (κ1) is 15.5. The third-order valence-electron chi connectivity index (χ3n) is 2.59. The second-order valence-electron chi connectivity index (χ2n) is 3.85. The van der Waals surface area contributed by atoms with E-state index in [-0.39, 0.29) is 0 Å². The third-order valence-corrected chi connectivity index (χ3v) is 5.07. The zero-order valence-electron chi connectivity index (χ0n) is 11.6. The van der Waals surface area contributed by atoms with Crippen molar-refractivity contribution in [3.63, 3.8) is 0 Å². The number of allylic oxidation sites excluding steroid dienone is 10. The van der Waals surface area contributed by atoms with Gasteiger partial charge in [0.2, 0.25) is 0 Å². The molecule has 0 saturated carbocycles. The molecular formula is C18H20Se. The first-order valence-corrected chi connectivity index (χ1v) is 7.99. The molecule has 0 saturated heterocycles. The second kappa shape index (κ2) is 8.53. The SMILES string of the molecule is C=C/C=C\C(=C/C)c1ccc(/C(C=C)=C/C=C\C)[se]1. The van der Waals surface area contributed by atoms with Gasteiger partial charge in [0.05, 0.1) is 0 Å². The number of hydrogen-bond acceptors (Lipinski definition) is 0. The van der Waals surface area contributed by atoms with E-state index in [2.05, 4.69) is 56.5 Å². The van der Waals surface area contributed by atoms with Gasteiger partial charge in [-0.1, -0.05) is 0 Å². The van der Waals surface area contributed by atoms with Crippen molar-refractivity contribution >= 4 is 25.6 Å². The molecular weight excluding hydrogens is 295 g/mol. The van der Waals surface area contributed by atoms with Crippen LogP contribution in [0, 0.1) is 0 Å². The van der Waals surface area contributed by atoms with Gasteiger partial charge in [0.15, 0.2) is 0 Å². The molecule has 0 radical (unpaired) electrons. The van der Waals surface area contributed by atoms with E-state index in [9.17, 15) is 0 Å². The van der Waals surface area contributed by atoms with Gasteiger partial charge in [0.1, 0.15) is 0 Å². The molecule has 1 aromatic rings. The number of hydrogen-bond donors (Lipinski definition) is 0. The average Bonchev–Trinajstić information content (AvgIpc) is 2.90. The first-order chi connectivity index (χ1) is 9.26. The molecule has 0 spiro atoms. The van der Waals surface area contributed by atoms with E-state index >= 15 is 0 Å². The van der Waals surface area contributed by atoms with E-state index in [1.165, 1.54) is 20.0 Å². The summed E-state index contributed by atoms with van der Waals surface area (Å²) in [5, 5.41) is 0. The van der Waals surface area contributed by atoms with Gasteiger partial charge in [0, 0.05) is 0 Å². The van der Waals surface area contributed by atoms with Crippen molar-refractivity contribution in [2.24, 2.45) is 0 Å². The Balaban J connectivity index is 3.08. The molecule has 0 aliphatic heterocycles. The molecule has 1 rings (SSSR count). The van der Waals surface area contributed by atoms with E-state index in [1.54, 1.807) is 0 Å². The topological polar surface area (TPSA) is 0 Å². The summed E-state index contributed by atoms with van der Waals surface area (Å²) < 4.78 is 2.78. The molecule has 0 aliphatic rings. The van der Waals surface area contributed by atoms with Gasteiger partial charge in [0.25, 0.3) is 0 Å². The third kappa shape index (κ3) is 4.55. The Hall–Kier alpha value is -1.56. The fourth-order valence-electron chi connectivity index (χ4n) is 1.59. The van der Waals surface area contributed by atoms with Crippen LogP contribution in [0.25, 0.3) is 11.1 Å². The van der Waals surface area contributed by atoms with Crippen molar-refractivity contribution in [2.45, 2.75) is 13.8 Å². The van der Waals surface area contributed by atoms with Crippen molar-refractivity contribution in [3.05, 3.63) is 82.8 Å². The molecule has 0 nitrogen and oxygen atoms in total. The molecule has 0 aliphatic carbocycles. The molecule has 0 amide bonds. The van der Waals surface area contributed by atoms with E-state index in [1.807, 2.05) is 31.2 Å². The van der Waals surface area contributed by atoms with Gasteiger partial charge in [-0.15, -0.1) is 0 Å². The predicted octanol–water partition coefficient (Wildman–Crippen LogP) is 5.03. The normalized spacial score (nSPS) is 13.4. The Morgan fingerprint density at radius 2 is 1.74 bits per heavy atom. The predicted molar refractivity (Wildman–Crippen MR) is 89.4 cm³/mol. The summed E-state index contributed by atoms with van der Waals surface area (Å²) in [5.41, 5.74) is 2.49. The number of rotatable bonds is 6. The molecule has 0 bridgehead atoms. The maximum atomic E-state index is 3.90. The summed E-state index contributed by atoms with van der Waals surface area (Å²) in [4.78, 5) is 0. The summed E-state index contributed by atoms with van der Waals surface area (Å²) in [7, 11) is 0. The van der Waals surface area contributed by atoms with E-state index in [0.29, 0.717) is 14.5 Å². The Kier molecular flexibility index (Phi) is 6.95. The Morgan fingerprint density at radius 3 is 2.26 bits per heavy atom. The Bertz CT molecular complexity index is 548. The van der Waals surface area contributed by atoms with Crippen LogP contribution in [0.15, 0.2) is 73.9 Å². The van der Waals surface area contributed by atoms with Crippen molar-refractivity contribution in [2.75, 3.05) is 0 Å². The van der Waals surface area contributed by atoms with Gasteiger partial charge >= 0.3 is 122 Å². The van der Waals surface area contributed by atoms with Crippen LogP contribution in [0.4, 0.5) is 0 Å². The van der Waals surface area contributed by atoms with Gasteiger partial charge in [-0.2, -0.15) is 0 Å². The van der Waals surface area contributed by atoms with Crippen LogP contribution in [0.5, 0.6) is 0 Å². The van der Waals surface area contributed by atoms with Crippen LogP contribution in [0.3, 0.4) is 0 Å². The van der Waals surface area contributed by atoms with E-state index in [4.69, 9.17) is 0 Å². The summed E-state index contributed by atoms with van der Waals surface area (Å²) in [5.74, 6) is 0. The summed E-state index contributed by atoms with van der Waals surface area (Å²) >= 11 is 0.342. The van der Waals surface area contributed by atoms with Gasteiger partial charge in [-0.3, -0.25) is 0 Å². The molecule has 1 heteroatoms. The van der Waals surface area contributed by atoms with Gasteiger partial charge in [-0.05, 0) is 0 Å². The van der Waals surface area contributed by atoms with Crippen LogP contribution in [-0.4, -0.2) is 14.5 Å². The average molecular weight is 315 g/mol. The van der Waals surface area contributed by atoms with Crippen molar-refractivity contribution < 1.29 is 0 Å². The second-order valence-corrected chi connectivity index (χ2v) is 6.13. The van der Waals surface area contributed by atoms with Crippen LogP contribution in [0.1, 0.15) is 22.7 Å². The Morgan fingerprint density at radius 1 is 1.05 bits per heavy atom. The molecule has 0 unspecified atom stereocenters. The Labute approximate surface area is 122 Å². The molecule has 0 atom stereocenters. The zero-order valence-corrected chi connectivity index (χ0v) is 13.3. The first-order valence-electron chi connectivity index (χ1n) is 6.28. The van der Waals surface area contributed by atoms with Crippen LogP contribution >= 0.6 is 0 Å². The van der Waals surface area contributed by atoms with Crippen LogP contribution < -0.4 is 0 Å². The fourth-order valence-corrected chi connectivity index (χ4v) is 3.86. The van der Waals surface area contributed by atoms with Crippen LogP contribution in [0.2, 0.25) is 0 Å². The summed E-state index contributed by atoms with van der Waals surface area (Å²) in [6.45, 7) is 11.7. The summed E-state index contributed by atoms with van der Waals surface area (Å²) in [6.07, 6.45) is 16.2. The fraction of sp³-hybridized carbons (Fsp3) is 0.111. The molecule has 1 heterocycles. The molecule has 19 heavy (non-hydrogen) atoms. The molecule has 0 N–H and O–H groups in total. The quantitative estimate of drug-likeness (QED) is 0.510. The minimum atomic E-state index is 0.342. The maximum absolute atomic E-state index is 3.90. The molecule has 98 valence electrons. The van der Waals surface area contributed by atoms with E-state index in [0.717, 1.165) is 0 Å². The van der Waals surface area contributed by atoms with Gasteiger partial charge < -0.3 is 0 Å². The standard InChI is InChI=1S/C18H20Se/c1-5-9-11-15(7-3)17-13-14-18(19-17)16(8-4)12-10-6-2/h5-14H,1,4H2,2-3H3/b10-6-,11-9-,15-7+,16-12+. The molecule has 0 fully saturated rings. The molecule has 0 aromatic carbocycles. The van der Waals surface area contributed by atoms with Gasteiger partial charge in [-0.25, -0.2) is 0 Å². The molecule has 1 aromatic heterocycles. The van der Waals surface area contributed by atoms with E-state index < -0.39 is 0 Å². The monoisotopic (exact) mass is 316 g/mol. The van der Waals surface area contributed by atoms with Crippen molar-refractivity contribution in [1.29, 1.82) is 0 Å². The van der Waals surface area contributed by atoms with Crippen molar-refractivity contribution in [1.82, 2.24) is 0 Å². The van der Waals surface area contributed by atoms with Crippen molar-refractivity contribution in [3.8, 4) is 0 Å². The summed E-state index contributed by atoms with van der Waals surface area (Å²) in [6, 6.07) is 4.42. The van der Waals surface area contributed by atoms with Crippen LogP contribution in [-0.2, 0) is 0 Å². The minimum absolute atomic E-state index is 0.342. The zero-order chi connectivity index (χ0) is 14.1.